The number of hydrogen-bond acceptors (Lipinski definition) is 1. The van der Waals surface area contributed by atoms with Crippen LogP contribution in [0.2, 0.25) is 0 Å². The summed E-state index contributed by atoms with van der Waals surface area (Å²) in [6.07, 6.45) is 6.43. The Hall–Kier alpha value is 0.220. The molecule has 1 rings (SSSR count). The molecule has 1 aromatic rings. The lowest BCUT2D eigenvalue weighted by Gasteiger charge is -2.10. The third-order valence-electron chi connectivity index (χ3n) is 2.83. The number of unbranched alkanes of at least 4 members (excludes halogenated alkanes) is 3. The zero-order valence-electron chi connectivity index (χ0n) is 11.0. The second-order valence-electron chi connectivity index (χ2n) is 4.23. The number of halogens is 2. The number of benzene rings is 1. The van der Waals surface area contributed by atoms with Gasteiger partial charge in [-0.1, -0.05) is 44.4 Å². The molecular weight excluding hydrogens is 450 g/mol. The van der Waals surface area contributed by atoms with Crippen LogP contribution in [0.1, 0.15) is 44.6 Å². The second-order valence-corrected chi connectivity index (χ2v) is 6.61. The van der Waals surface area contributed by atoms with E-state index >= 15 is 0 Å². The Kier molecular flexibility index (Phi) is 8.30. The van der Waals surface area contributed by atoms with Gasteiger partial charge < -0.3 is 4.74 Å². The van der Waals surface area contributed by atoms with Crippen molar-refractivity contribution in [1.29, 1.82) is 0 Å². The monoisotopic (exact) mass is 470 g/mol. The largest absolute Gasteiger partial charge is 0.496 e. The van der Waals surface area contributed by atoms with Gasteiger partial charge in [-0.3, -0.25) is 0 Å². The number of ether oxygens (including phenoxy) is 1. The molecule has 18 heavy (non-hydrogen) atoms. The highest BCUT2D eigenvalue weighted by Crippen LogP contribution is 2.37. The Morgan fingerprint density at radius 3 is 2.50 bits per heavy atom. The van der Waals surface area contributed by atoms with Crippen LogP contribution in [0.4, 0.5) is 0 Å². The van der Waals surface area contributed by atoms with E-state index in [1.807, 2.05) is 12.1 Å². The zero-order chi connectivity index (χ0) is 13.4. The van der Waals surface area contributed by atoms with Crippen LogP contribution >= 0.6 is 45.2 Å². The van der Waals surface area contributed by atoms with Crippen molar-refractivity contribution in [2.24, 2.45) is 0 Å². The molecule has 3 heteroatoms. The van der Waals surface area contributed by atoms with Gasteiger partial charge in [0.15, 0.2) is 0 Å². The van der Waals surface area contributed by atoms with E-state index < -0.39 is 0 Å². The number of para-hydroxylation sites is 1. The molecule has 1 nitrogen and oxygen atoms in total. The minimum atomic E-state index is 0.963. The molecule has 0 saturated heterocycles. The van der Waals surface area contributed by atoms with Gasteiger partial charge in [-0.05, 0) is 64.1 Å². The molecule has 0 amide bonds. The maximum atomic E-state index is 5.42. The lowest BCUT2D eigenvalue weighted by molar-refractivity contribution is 0.414. The van der Waals surface area contributed by atoms with E-state index in [4.69, 9.17) is 4.74 Å². The van der Waals surface area contributed by atoms with E-state index in [1.165, 1.54) is 44.8 Å². The van der Waals surface area contributed by atoms with Gasteiger partial charge in [-0.15, -0.1) is 0 Å². The minimum absolute atomic E-state index is 0.963. The van der Waals surface area contributed by atoms with Crippen LogP contribution in [0.15, 0.2) is 27.8 Å². The molecule has 0 N–H and O–H groups in total. The summed E-state index contributed by atoms with van der Waals surface area (Å²) in [5.41, 5.74) is 1.21. The van der Waals surface area contributed by atoms with E-state index in [-0.39, 0.29) is 0 Å². The van der Waals surface area contributed by atoms with Crippen molar-refractivity contribution in [1.82, 2.24) is 0 Å². The highest BCUT2D eigenvalue weighted by atomic mass is 127. The van der Waals surface area contributed by atoms with Gasteiger partial charge in [-0.25, -0.2) is 0 Å². The topological polar surface area (TPSA) is 9.23 Å². The molecule has 0 aliphatic rings. The molecule has 0 saturated carbocycles. The Morgan fingerprint density at radius 2 is 1.83 bits per heavy atom. The van der Waals surface area contributed by atoms with E-state index in [0.717, 1.165) is 5.75 Å². The normalized spacial score (nSPS) is 12.2. The maximum Gasteiger partial charge on any atom is 0.127 e. The Morgan fingerprint density at radius 1 is 1.11 bits per heavy atom. The SMILES string of the molecule is CCCCCC/C(I)=C(\I)c1ccccc1OC. The van der Waals surface area contributed by atoms with Gasteiger partial charge in [0.2, 0.25) is 0 Å². The average Bonchev–Trinajstić information content (AvgIpc) is 2.42. The average molecular weight is 470 g/mol. The molecule has 0 bridgehead atoms. The number of rotatable bonds is 7. The van der Waals surface area contributed by atoms with Crippen molar-refractivity contribution in [2.45, 2.75) is 39.0 Å². The zero-order valence-corrected chi connectivity index (χ0v) is 15.3. The summed E-state index contributed by atoms with van der Waals surface area (Å²) in [5.74, 6) is 0.963. The molecule has 0 aromatic heterocycles. The van der Waals surface area contributed by atoms with E-state index in [1.54, 1.807) is 7.11 Å². The third-order valence-corrected chi connectivity index (χ3v) is 6.17. The van der Waals surface area contributed by atoms with Crippen LogP contribution < -0.4 is 4.74 Å². The molecule has 0 spiro atoms. The summed E-state index contributed by atoms with van der Waals surface area (Å²) in [6.45, 7) is 2.25. The van der Waals surface area contributed by atoms with Gasteiger partial charge in [0.05, 0.1) is 7.11 Å². The smallest absolute Gasteiger partial charge is 0.127 e. The Balaban J connectivity index is 2.73. The van der Waals surface area contributed by atoms with Crippen molar-refractivity contribution in [3.63, 3.8) is 0 Å². The van der Waals surface area contributed by atoms with E-state index in [0.29, 0.717) is 0 Å². The van der Waals surface area contributed by atoms with Crippen LogP contribution in [-0.2, 0) is 0 Å². The molecule has 0 aliphatic heterocycles. The second kappa shape index (κ2) is 9.18. The molecule has 0 atom stereocenters. The minimum Gasteiger partial charge on any atom is -0.496 e. The standard InChI is InChI=1S/C15H20I2O/c1-3-4-5-6-10-13(16)15(17)12-9-7-8-11-14(12)18-2/h7-9,11H,3-6,10H2,1-2H3/b15-13+. The molecule has 0 fully saturated rings. The van der Waals surface area contributed by atoms with Crippen LogP contribution in [0.25, 0.3) is 3.58 Å². The van der Waals surface area contributed by atoms with Gasteiger partial charge in [0.1, 0.15) is 5.75 Å². The molecule has 0 radical (unpaired) electrons. The van der Waals surface area contributed by atoms with Gasteiger partial charge in [0, 0.05) is 12.7 Å². The van der Waals surface area contributed by atoms with Gasteiger partial charge in [0.25, 0.3) is 0 Å². The molecule has 1 aromatic carbocycles. The summed E-state index contributed by atoms with van der Waals surface area (Å²) in [4.78, 5) is 0. The van der Waals surface area contributed by atoms with Crippen molar-refractivity contribution < 1.29 is 4.74 Å². The van der Waals surface area contributed by atoms with Gasteiger partial charge in [-0.2, -0.15) is 0 Å². The first-order valence-electron chi connectivity index (χ1n) is 6.38. The molecule has 0 aliphatic carbocycles. The first-order chi connectivity index (χ1) is 8.70. The van der Waals surface area contributed by atoms with E-state index in [9.17, 15) is 0 Å². The van der Waals surface area contributed by atoms with Crippen molar-refractivity contribution in [3.05, 3.63) is 33.4 Å². The third kappa shape index (κ3) is 5.07. The fourth-order valence-electron chi connectivity index (χ4n) is 1.79. The van der Waals surface area contributed by atoms with Crippen LogP contribution in [0, 0.1) is 0 Å². The number of methoxy groups -OCH3 is 1. The van der Waals surface area contributed by atoms with Crippen molar-refractivity contribution >= 4 is 48.8 Å². The molecule has 0 heterocycles. The molecule has 100 valence electrons. The lowest BCUT2D eigenvalue weighted by atomic mass is 10.1. The maximum absolute atomic E-state index is 5.42. The summed E-state index contributed by atoms with van der Waals surface area (Å²) in [5, 5.41) is 0. The quantitative estimate of drug-likeness (QED) is 0.341. The predicted molar refractivity (Wildman–Crippen MR) is 96.7 cm³/mol. The van der Waals surface area contributed by atoms with Crippen LogP contribution in [-0.4, -0.2) is 7.11 Å². The summed E-state index contributed by atoms with van der Waals surface area (Å²) in [7, 11) is 1.73. The highest BCUT2D eigenvalue weighted by Gasteiger charge is 2.08. The Bertz CT molecular complexity index is 399. The molecular formula is C15H20I2O. The first-order valence-corrected chi connectivity index (χ1v) is 8.54. The fourth-order valence-corrected chi connectivity index (χ4v) is 3.18. The summed E-state index contributed by atoms with van der Waals surface area (Å²) in [6, 6.07) is 8.23. The van der Waals surface area contributed by atoms with Crippen molar-refractivity contribution in [2.75, 3.05) is 7.11 Å². The van der Waals surface area contributed by atoms with E-state index in [2.05, 4.69) is 64.2 Å². The van der Waals surface area contributed by atoms with Crippen molar-refractivity contribution in [3.8, 4) is 5.75 Å². The van der Waals surface area contributed by atoms with Crippen LogP contribution in [0.3, 0.4) is 0 Å². The predicted octanol–water partition coefficient (Wildman–Crippen LogP) is 6.20. The lowest BCUT2D eigenvalue weighted by Crippen LogP contribution is -1.89. The summed E-state index contributed by atoms with van der Waals surface area (Å²) < 4.78 is 8.18. The van der Waals surface area contributed by atoms with Crippen LogP contribution in [0.5, 0.6) is 5.75 Å². The Labute approximate surface area is 138 Å². The first kappa shape index (κ1) is 16.3. The number of allylic oxidation sites excluding steroid dienone is 1. The number of hydrogen-bond donors (Lipinski definition) is 0. The fraction of sp³-hybridized carbons (Fsp3) is 0.467. The van der Waals surface area contributed by atoms with Gasteiger partial charge >= 0.3 is 0 Å². The highest BCUT2D eigenvalue weighted by molar-refractivity contribution is 14.1. The molecule has 0 unspecified atom stereocenters. The summed E-state index contributed by atoms with van der Waals surface area (Å²) >= 11 is 4.91.